The van der Waals surface area contributed by atoms with E-state index in [0.29, 0.717) is 12.6 Å². The zero-order valence-electron chi connectivity index (χ0n) is 15.8. The zero-order valence-corrected chi connectivity index (χ0v) is 18.2. The van der Waals surface area contributed by atoms with Gasteiger partial charge in [-0.15, -0.1) is 24.0 Å². The number of nitrogens with one attached hydrogen (secondary N) is 1. The summed E-state index contributed by atoms with van der Waals surface area (Å²) < 4.78 is 7.49. The third-order valence-corrected chi connectivity index (χ3v) is 5.43. The lowest BCUT2D eigenvalue weighted by Gasteiger charge is -2.59. The summed E-state index contributed by atoms with van der Waals surface area (Å²) in [5, 5.41) is 7.72. The number of hydrogen-bond acceptors (Lipinski definition) is 4. The number of aromatic nitrogens is 3. The number of guanidine groups is 1. The molecule has 2 rings (SSSR count). The molecule has 0 radical (unpaired) electrons. The Morgan fingerprint density at radius 3 is 2.62 bits per heavy atom. The molecule has 0 aromatic carbocycles. The van der Waals surface area contributed by atoms with Crippen molar-refractivity contribution >= 4 is 29.9 Å². The van der Waals surface area contributed by atoms with Crippen LogP contribution in [0.4, 0.5) is 0 Å². The lowest BCUT2D eigenvalue weighted by atomic mass is 9.56. The van der Waals surface area contributed by atoms with Gasteiger partial charge < -0.3 is 15.0 Å². The summed E-state index contributed by atoms with van der Waals surface area (Å²) in [4.78, 5) is 11.0. The predicted octanol–water partition coefficient (Wildman–Crippen LogP) is 2.03. The Balaban J connectivity index is 0.00000288. The molecule has 8 heteroatoms. The standard InChI is InChI=1S/C16H30N6O.HI/c1-8-17-14(21(5)10-13-18-11-19-22(13)6)20-12-9-16(4,23-7)15(12,2)3;/h11-12H,8-10H2,1-7H3,(H,17,20);1H. The molecule has 0 spiro atoms. The van der Waals surface area contributed by atoms with E-state index in [1.807, 2.05) is 21.0 Å². The van der Waals surface area contributed by atoms with Crippen LogP contribution in [0.3, 0.4) is 0 Å². The summed E-state index contributed by atoms with van der Waals surface area (Å²) in [7, 11) is 5.72. The maximum absolute atomic E-state index is 5.71. The molecule has 138 valence electrons. The summed E-state index contributed by atoms with van der Waals surface area (Å²) in [5.74, 6) is 1.81. The van der Waals surface area contributed by atoms with Gasteiger partial charge in [-0.05, 0) is 20.3 Å². The molecule has 1 aliphatic rings. The molecular weight excluding hydrogens is 419 g/mol. The van der Waals surface area contributed by atoms with Crippen LogP contribution < -0.4 is 5.32 Å². The third kappa shape index (κ3) is 3.84. The summed E-state index contributed by atoms with van der Waals surface area (Å²) >= 11 is 0. The Hall–Kier alpha value is -0.900. The van der Waals surface area contributed by atoms with Crippen LogP contribution in [0, 0.1) is 5.41 Å². The molecule has 0 bridgehead atoms. The Morgan fingerprint density at radius 2 is 2.17 bits per heavy atom. The van der Waals surface area contributed by atoms with Crippen molar-refractivity contribution in [2.45, 2.75) is 52.3 Å². The summed E-state index contributed by atoms with van der Waals surface area (Å²) in [6.45, 7) is 10.1. The molecule has 0 saturated heterocycles. The Kier molecular flexibility index (Phi) is 7.04. The molecule has 24 heavy (non-hydrogen) atoms. The molecule has 0 amide bonds. The van der Waals surface area contributed by atoms with Gasteiger partial charge in [-0.2, -0.15) is 5.10 Å². The predicted molar refractivity (Wildman–Crippen MR) is 107 cm³/mol. The average molecular weight is 450 g/mol. The molecule has 1 heterocycles. The van der Waals surface area contributed by atoms with E-state index in [4.69, 9.17) is 4.74 Å². The van der Waals surface area contributed by atoms with Gasteiger partial charge in [-0.3, -0.25) is 9.67 Å². The minimum atomic E-state index is -0.0931. The number of hydrogen-bond donors (Lipinski definition) is 1. The van der Waals surface area contributed by atoms with Gasteiger partial charge in [-0.25, -0.2) is 4.98 Å². The fourth-order valence-corrected chi connectivity index (χ4v) is 3.06. The van der Waals surface area contributed by atoms with E-state index < -0.39 is 0 Å². The number of methoxy groups -OCH3 is 1. The largest absolute Gasteiger partial charge is 0.378 e. The van der Waals surface area contributed by atoms with Crippen LogP contribution in [0.1, 0.15) is 39.9 Å². The second kappa shape index (κ2) is 7.99. The Bertz CT molecular complexity index is 573. The highest BCUT2D eigenvalue weighted by molar-refractivity contribution is 14.0. The van der Waals surface area contributed by atoms with Crippen LogP contribution in [0.5, 0.6) is 0 Å². The van der Waals surface area contributed by atoms with Crippen molar-refractivity contribution in [1.29, 1.82) is 0 Å². The van der Waals surface area contributed by atoms with Gasteiger partial charge in [0.2, 0.25) is 0 Å². The van der Waals surface area contributed by atoms with Crippen LogP contribution in [-0.2, 0) is 18.3 Å². The van der Waals surface area contributed by atoms with E-state index in [-0.39, 0.29) is 35.0 Å². The van der Waals surface area contributed by atoms with Crippen molar-refractivity contribution in [2.75, 3.05) is 20.7 Å². The molecule has 1 aromatic heterocycles. The van der Waals surface area contributed by atoms with Crippen molar-refractivity contribution in [3.05, 3.63) is 12.2 Å². The first kappa shape index (κ1) is 21.1. The van der Waals surface area contributed by atoms with Gasteiger partial charge in [0.15, 0.2) is 5.96 Å². The molecule has 0 aliphatic heterocycles. The van der Waals surface area contributed by atoms with Gasteiger partial charge >= 0.3 is 0 Å². The van der Waals surface area contributed by atoms with Crippen LogP contribution in [0.25, 0.3) is 0 Å². The van der Waals surface area contributed by atoms with Crippen molar-refractivity contribution in [3.63, 3.8) is 0 Å². The normalized spacial score (nSPS) is 25.6. The van der Waals surface area contributed by atoms with Crippen molar-refractivity contribution in [1.82, 2.24) is 25.0 Å². The van der Waals surface area contributed by atoms with E-state index in [1.165, 1.54) is 0 Å². The van der Waals surface area contributed by atoms with Crippen molar-refractivity contribution in [2.24, 2.45) is 17.5 Å². The second-order valence-corrected chi connectivity index (χ2v) is 7.01. The summed E-state index contributed by atoms with van der Waals surface area (Å²) in [6, 6.07) is 0.333. The number of rotatable bonds is 5. The smallest absolute Gasteiger partial charge is 0.194 e. The van der Waals surface area contributed by atoms with Crippen molar-refractivity contribution < 1.29 is 4.74 Å². The molecule has 2 unspecified atom stereocenters. The number of halogens is 1. The van der Waals surface area contributed by atoms with Crippen LogP contribution in [-0.4, -0.2) is 58.0 Å². The van der Waals surface area contributed by atoms with Gasteiger partial charge in [0, 0.05) is 39.2 Å². The quantitative estimate of drug-likeness (QED) is 0.423. The minimum Gasteiger partial charge on any atom is -0.378 e. The second-order valence-electron chi connectivity index (χ2n) is 7.01. The molecule has 1 aromatic rings. The van der Waals surface area contributed by atoms with E-state index >= 15 is 0 Å². The lowest BCUT2D eigenvalue weighted by molar-refractivity contribution is -0.177. The summed E-state index contributed by atoms with van der Waals surface area (Å²) in [5.41, 5.74) is -0.0496. The molecule has 1 N–H and O–H groups in total. The van der Waals surface area contributed by atoms with Gasteiger partial charge in [0.25, 0.3) is 0 Å². The highest BCUT2D eigenvalue weighted by Gasteiger charge is 2.58. The average Bonchev–Trinajstić information content (AvgIpc) is 2.90. The van der Waals surface area contributed by atoms with E-state index in [9.17, 15) is 0 Å². The maximum atomic E-state index is 5.71. The van der Waals surface area contributed by atoms with Gasteiger partial charge in [-0.1, -0.05) is 13.8 Å². The minimum absolute atomic E-state index is 0. The highest BCUT2D eigenvalue weighted by Crippen LogP contribution is 2.51. The van der Waals surface area contributed by atoms with E-state index in [0.717, 1.165) is 24.7 Å². The number of nitrogens with zero attached hydrogens (tertiary/aromatic N) is 5. The first-order chi connectivity index (χ1) is 10.7. The zero-order chi connectivity index (χ0) is 17.3. The fourth-order valence-electron chi connectivity index (χ4n) is 3.06. The van der Waals surface area contributed by atoms with Crippen LogP contribution in [0.2, 0.25) is 0 Å². The van der Waals surface area contributed by atoms with E-state index in [1.54, 1.807) is 18.1 Å². The first-order valence-corrected chi connectivity index (χ1v) is 8.15. The topological polar surface area (TPSA) is 67.6 Å². The molecule has 2 atom stereocenters. The molecule has 1 saturated carbocycles. The van der Waals surface area contributed by atoms with E-state index in [2.05, 4.69) is 46.1 Å². The maximum Gasteiger partial charge on any atom is 0.194 e. The first-order valence-electron chi connectivity index (χ1n) is 8.15. The molecule has 1 fully saturated rings. The molecule has 1 aliphatic carbocycles. The monoisotopic (exact) mass is 450 g/mol. The number of aryl methyl sites for hydroxylation is 1. The Labute approximate surface area is 162 Å². The van der Waals surface area contributed by atoms with Gasteiger partial charge in [0.05, 0.1) is 12.1 Å². The molecular formula is C16H31IN6O. The van der Waals surface area contributed by atoms with Crippen LogP contribution >= 0.6 is 24.0 Å². The highest BCUT2D eigenvalue weighted by atomic mass is 127. The fraction of sp³-hybridized carbons (Fsp3) is 0.812. The van der Waals surface area contributed by atoms with Crippen molar-refractivity contribution in [3.8, 4) is 0 Å². The van der Waals surface area contributed by atoms with Gasteiger partial charge in [0.1, 0.15) is 12.2 Å². The lowest BCUT2D eigenvalue weighted by Crippen LogP contribution is -2.69. The van der Waals surface area contributed by atoms with Crippen LogP contribution in [0.15, 0.2) is 11.3 Å². The number of aliphatic imine (C=N–C) groups is 1. The molecule has 7 nitrogen and oxygen atoms in total. The third-order valence-electron chi connectivity index (χ3n) is 5.43. The summed E-state index contributed by atoms with van der Waals surface area (Å²) in [6.07, 6.45) is 2.54. The SMILES string of the molecule is CCN=C(NC1CC(C)(OC)C1(C)C)N(C)Cc1ncnn1C.I. The number of ether oxygens (including phenoxy) is 1. The Morgan fingerprint density at radius 1 is 1.50 bits per heavy atom.